The highest BCUT2D eigenvalue weighted by molar-refractivity contribution is 7.17. The van der Waals surface area contributed by atoms with Gasteiger partial charge < -0.3 is 10.8 Å². The van der Waals surface area contributed by atoms with E-state index in [1.54, 1.807) is 11.3 Å². The van der Waals surface area contributed by atoms with Gasteiger partial charge in [0.1, 0.15) is 0 Å². The van der Waals surface area contributed by atoms with Crippen LogP contribution in [0.25, 0.3) is 10.1 Å². The zero-order chi connectivity index (χ0) is 11.8. The lowest BCUT2D eigenvalue weighted by Crippen LogP contribution is -2.30. The van der Waals surface area contributed by atoms with Crippen LogP contribution >= 0.6 is 11.3 Å². The Morgan fingerprint density at radius 1 is 1.38 bits per heavy atom. The fraction of sp³-hybridized carbons (Fsp3) is 0.385. The summed E-state index contributed by atoms with van der Waals surface area (Å²) < 4.78 is 1.21. The molecule has 0 bridgehead atoms. The summed E-state index contributed by atoms with van der Waals surface area (Å²) in [6.45, 7) is 4.45. The summed E-state index contributed by atoms with van der Waals surface area (Å²) in [6, 6.07) is 8.15. The van der Waals surface area contributed by atoms with Crippen molar-refractivity contribution in [3.05, 3.63) is 35.2 Å². The standard InChI is InChI=1S/C13H17NOS/c1-13(2,8-14)12(15)10-7-16-11-6-4-3-5-9(10)11/h3-7,12,15H,8,14H2,1-2H3. The van der Waals surface area contributed by atoms with Crippen LogP contribution in [0.2, 0.25) is 0 Å². The molecule has 2 rings (SSSR count). The van der Waals surface area contributed by atoms with Crippen molar-refractivity contribution in [1.82, 2.24) is 0 Å². The van der Waals surface area contributed by atoms with Gasteiger partial charge in [0.2, 0.25) is 0 Å². The normalized spacial score (nSPS) is 14.2. The predicted molar refractivity (Wildman–Crippen MR) is 69.6 cm³/mol. The highest BCUT2D eigenvalue weighted by Crippen LogP contribution is 2.38. The molecule has 3 heteroatoms. The van der Waals surface area contributed by atoms with E-state index in [2.05, 4.69) is 12.1 Å². The van der Waals surface area contributed by atoms with Crippen LogP contribution in [0.15, 0.2) is 29.6 Å². The van der Waals surface area contributed by atoms with Crippen LogP contribution < -0.4 is 5.73 Å². The van der Waals surface area contributed by atoms with E-state index in [4.69, 9.17) is 5.73 Å². The molecular formula is C13H17NOS. The first kappa shape index (κ1) is 11.6. The molecule has 0 aliphatic heterocycles. The van der Waals surface area contributed by atoms with Gasteiger partial charge in [-0.2, -0.15) is 0 Å². The molecule has 1 heterocycles. The lowest BCUT2D eigenvalue weighted by Gasteiger charge is -2.28. The summed E-state index contributed by atoms with van der Waals surface area (Å²) in [5.41, 5.74) is 6.41. The minimum absolute atomic E-state index is 0.288. The maximum Gasteiger partial charge on any atom is 0.0867 e. The zero-order valence-electron chi connectivity index (χ0n) is 9.60. The topological polar surface area (TPSA) is 46.2 Å². The van der Waals surface area contributed by atoms with Crippen LogP contribution in [0.4, 0.5) is 0 Å². The molecule has 0 fully saturated rings. The van der Waals surface area contributed by atoms with Crippen molar-refractivity contribution in [2.45, 2.75) is 20.0 Å². The second-order valence-electron chi connectivity index (χ2n) is 4.78. The molecule has 16 heavy (non-hydrogen) atoms. The molecule has 0 aliphatic carbocycles. The smallest absolute Gasteiger partial charge is 0.0867 e. The van der Waals surface area contributed by atoms with Gasteiger partial charge >= 0.3 is 0 Å². The maximum atomic E-state index is 10.4. The van der Waals surface area contributed by atoms with E-state index >= 15 is 0 Å². The third-order valence-electron chi connectivity index (χ3n) is 3.07. The molecule has 1 unspecified atom stereocenters. The van der Waals surface area contributed by atoms with E-state index in [1.807, 2.05) is 31.4 Å². The second-order valence-corrected chi connectivity index (χ2v) is 5.69. The Balaban J connectivity index is 2.48. The van der Waals surface area contributed by atoms with E-state index in [-0.39, 0.29) is 5.41 Å². The fourth-order valence-electron chi connectivity index (χ4n) is 1.74. The van der Waals surface area contributed by atoms with E-state index in [0.29, 0.717) is 6.54 Å². The fourth-order valence-corrected chi connectivity index (χ4v) is 2.72. The number of nitrogens with two attached hydrogens (primary N) is 1. The average Bonchev–Trinajstić information content (AvgIpc) is 2.71. The van der Waals surface area contributed by atoms with Crippen LogP contribution in [0.1, 0.15) is 25.5 Å². The van der Waals surface area contributed by atoms with Gasteiger partial charge in [0, 0.05) is 16.7 Å². The Morgan fingerprint density at radius 3 is 2.75 bits per heavy atom. The van der Waals surface area contributed by atoms with Crippen LogP contribution in [0.5, 0.6) is 0 Å². The molecule has 0 radical (unpaired) electrons. The molecule has 0 aliphatic rings. The Bertz CT molecular complexity index is 489. The summed E-state index contributed by atoms with van der Waals surface area (Å²) in [5, 5.41) is 13.5. The molecular weight excluding hydrogens is 218 g/mol. The first-order valence-electron chi connectivity index (χ1n) is 5.40. The highest BCUT2D eigenvalue weighted by Gasteiger charge is 2.29. The minimum Gasteiger partial charge on any atom is -0.388 e. The van der Waals surface area contributed by atoms with Crippen molar-refractivity contribution in [1.29, 1.82) is 0 Å². The van der Waals surface area contributed by atoms with Gasteiger partial charge in [-0.1, -0.05) is 32.0 Å². The number of rotatable bonds is 3. The quantitative estimate of drug-likeness (QED) is 0.859. The summed E-state index contributed by atoms with van der Waals surface area (Å²) in [6.07, 6.45) is -0.506. The zero-order valence-corrected chi connectivity index (χ0v) is 10.4. The van der Waals surface area contributed by atoms with Gasteiger partial charge in [-0.3, -0.25) is 0 Å². The van der Waals surface area contributed by atoms with Gasteiger partial charge in [0.25, 0.3) is 0 Å². The molecule has 0 saturated carbocycles. The van der Waals surface area contributed by atoms with Gasteiger partial charge in [-0.15, -0.1) is 11.3 Å². The number of hydrogen-bond acceptors (Lipinski definition) is 3. The number of benzene rings is 1. The number of aliphatic hydroxyl groups is 1. The van der Waals surface area contributed by atoms with Crippen molar-refractivity contribution in [3.8, 4) is 0 Å². The molecule has 0 spiro atoms. The molecule has 2 nitrogen and oxygen atoms in total. The largest absolute Gasteiger partial charge is 0.388 e. The monoisotopic (exact) mass is 235 g/mol. The maximum absolute atomic E-state index is 10.4. The molecule has 0 saturated heterocycles. The highest BCUT2D eigenvalue weighted by atomic mass is 32.1. The summed E-state index contributed by atoms with van der Waals surface area (Å²) >= 11 is 1.67. The first-order chi connectivity index (χ1) is 7.56. The van der Waals surface area contributed by atoms with E-state index < -0.39 is 6.10 Å². The van der Waals surface area contributed by atoms with Gasteiger partial charge in [-0.25, -0.2) is 0 Å². The molecule has 1 atom stereocenters. The van der Waals surface area contributed by atoms with Crippen LogP contribution in [-0.2, 0) is 0 Å². The third-order valence-corrected chi connectivity index (χ3v) is 4.05. The number of aliphatic hydroxyl groups excluding tert-OH is 1. The first-order valence-corrected chi connectivity index (χ1v) is 6.28. The number of fused-ring (bicyclic) bond motifs is 1. The van der Waals surface area contributed by atoms with Crippen molar-refractivity contribution < 1.29 is 5.11 Å². The van der Waals surface area contributed by atoms with Crippen LogP contribution in [0.3, 0.4) is 0 Å². The molecule has 86 valence electrons. The SMILES string of the molecule is CC(C)(CN)C(O)c1csc2ccccc12. The van der Waals surface area contributed by atoms with E-state index in [1.165, 1.54) is 4.70 Å². The van der Waals surface area contributed by atoms with E-state index in [9.17, 15) is 5.11 Å². The molecule has 1 aromatic carbocycles. The van der Waals surface area contributed by atoms with Crippen molar-refractivity contribution in [3.63, 3.8) is 0 Å². The Morgan fingerprint density at radius 2 is 2.06 bits per heavy atom. The average molecular weight is 235 g/mol. The Labute approximate surface area is 99.7 Å². The molecule has 0 amide bonds. The predicted octanol–water partition coefficient (Wildman–Crippen LogP) is 2.92. The summed E-state index contributed by atoms with van der Waals surface area (Å²) in [4.78, 5) is 0. The number of hydrogen-bond donors (Lipinski definition) is 2. The molecule has 2 aromatic rings. The Kier molecular flexibility index (Phi) is 3.02. The Hall–Kier alpha value is -0.900. The lowest BCUT2D eigenvalue weighted by molar-refractivity contribution is 0.0570. The van der Waals surface area contributed by atoms with Crippen LogP contribution in [-0.4, -0.2) is 11.7 Å². The van der Waals surface area contributed by atoms with Crippen molar-refractivity contribution in [2.75, 3.05) is 6.54 Å². The van der Waals surface area contributed by atoms with Gasteiger partial charge in [-0.05, 0) is 22.4 Å². The lowest BCUT2D eigenvalue weighted by atomic mass is 9.83. The summed E-state index contributed by atoms with van der Waals surface area (Å²) in [5.74, 6) is 0. The molecule has 3 N–H and O–H groups in total. The number of thiophene rings is 1. The van der Waals surface area contributed by atoms with Gasteiger partial charge in [0.05, 0.1) is 6.10 Å². The van der Waals surface area contributed by atoms with Crippen molar-refractivity contribution in [2.24, 2.45) is 11.1 Å². The summed E-state index contributed by atoms with van der Waals surface area (Å²) in [7, 11) is 0. The van der Waals surface area contributed by atoms with Crippen LogP contribution in [0, 0.1) is 5.41 Å². The second kappa shape index (κ2) is 4.17. The molecule has 1 aromatic heterocycles. The van der Waals surface area contributed by atoms with E-state index in [0.717, 1.165) is 10.9 Å². The van der Waals surface area contributed by atoms with Gasteiger partial charge in [0.15, 0.2) is 0 Å². The third kappa shape index (κ3) is 1.86. The van der Waals surface area contributed by atoms with Crippen molar-refractivity contribution >= 4 is 21.4 Å². The minimum atomic E-state index is -0.506.